The summed E-state index contributed by atoms with van der Waals surface area (Å²) >= 11 is 0. The third-order valence-corrected chi connectivity index (χ3v) is 2.77. The zero-order chi connectivity index (χ0) is 15.0. The van der Waals surface area contributed by atoms with Crippen LogP contribution in [0.1, 0.15) is 20.3 Å². The van der Waals surface area contributed by atoms with Crippen LogP contribution in [0.5, 0.6) is 0 Å². The maximum atomic E-state index is 12.3. The molecule has 0 aliphatic carbocycles. The molecule has 0 heterocycles. The van der Waals surface area contributed by atoms with E-state index in [1.807, 2.05) is 0 Å². The molecular weight excluding hydrogens is 262 g/mol. The van der Waals surface area contributed by atoms with Crippen molar-refractivity contribution in [2.24, 2.45) is 5.92 Å². The van der Waals surface area contributed by atoms with Gasteiger partial charge < -0.3 is 20.4 Å². The number of aliphatic hydroxyl groups is 1. The molecule has 0 aromatic heterocycles. The highest BCUT2D eigenvalue weighted by Gasteiger charge is 2.28. The Labute approximate surface area is 110 Å². The summed E-state index contributed by atoms with van der Waals surface area (Å²) in [6, 6.07) is -2.06. The van der Waals surface area contributed by atoms with Crippen molar-refractivity contribution in [1.82, 2.24) is 10.2 Å². The van der Waals surface area contributed by atoms with E-state index >= 15 is 0 Å². The van der Waals surface area contributed by atoms with Crippen LogP contribution in [0.25, 0.3) is 0 Å². The van der Waals surface area contributed by atoms with E-state index in [4.69, 9.17) is 10.2 Å². The van der Waals surface area contributed by atoms with Gasteiger partial charge in [-0.15, -0.1) is 0 Å². The molecule has 0 aromatic rings. The molecule has 8 heteroatoms. The van der Waals surface area contributed by atoms with E-state index in [0.717, 1.165) is 0 Å². The van der Waals surface area contributed by atoms with E-state index < -0.39 is 37.6 Å². The number of carboxylic acids is 1. The molecule has 0 rings (SSSR count). The number of carbonyl (C=O) groups is 2. The molecule has 19 heavy (non-hydrogen) atoms. The molecule has 1 unspecified atom stereocenters. The van der Waals surface area contributed by atoms with Crippen LogP contribution in [0.3, 0.4) is 0 Å². The summed E-state index contributed by atoms with van der Waals surface area (Å²) in [6.07, 6.45) is -2.23. The average molecular weight is 282 g/mol. The van der Waals surface area contributed by atoms with Crippen molar-refractivity contribution in [2.75, 3.05) is 19.7 Å². The molecule has 0 radical (unpaired) electrons. The van der Waals surface area contributed by atoms with Crippen molar-refractivity contribution < 1.29 is 28.6 Å². The van der Waals surface area contributed by atoms with Gasteiger partial charge in [-0.2, -0.15) is 0 Å². The van der Waals surface area contributed by atoms with Gasteiger partial charge in [-0.1, -0.05) is 20.3 Å². The highest BCUT2D eigenvalue weighted by Crippen LogP contribution is 2.09. The minimum atomic E-state index is -2.75. The predicted octanol–water partition coefficient (Wildman–Crippen LogP) is 0.755. The van der Waals surface area contributed by atoms with Crippen LogP contribution in [-0.2, 0) is 4.79 Å². The summed E-state index contributed by atoms with van der Waals surface area (Å²) in [5, 5.41) is 19.9. The van der Waals surface area contributed by atoms with Gasteiger partial charge in [0.25, 0.3) is 6.43 Å². The Kier molecular flexibility index (Phi) is 7.97. The molecule has 2 atom stereocenters. The van der Waals surface area contributed by atoms with Crippen molar-refractivity contribution in [1.29, 1.82) is 0 Å². The summed E-state index contributed by atoms with van der Waals surface area (Å²) in [6.45, 7) is 1.81. The number of aliphatic carboxylic acids is 1. The Hall–Kier alpha value is -1.44. The van der Waals surface area contributed by atoms with Crippen molar-refractivity contribution in [3.8, 4) is 0 Å². The van der Waals surface area contributed by atoms with E-state index in [1.165, 1.54) is 0 Å². The number of hydrogen-bond acceptors (Lipinski definition) is 3. The number of aliphatic hydroxyl groups excluding tert-OH is 1. The summed E-state index contributed by atoms with van der Waals surface area (Å²) in [4.78, 5) is 23.4. The summed E-state index contributed by atoms with van der Waals surface area (Å²) in [5.74, 6) is -1.55. The maximum absolute atomic E-state index is 12.3. The van der Waals surface area contributed by atoms with E-state index in [9.17, 15) is 18.4 Å². The zero-order valence-electron chi connectivity index (χ0n) is 11.0. The molecule has 0 aliphatic rings. The van der Waals surface area contributed by atoms with Gasteiger partial charge in [0.1, 0.15) is 6.04 Å². The number of alkyl halides is 2. The van der Waals surface area contributed by atoms with E-state index in [-0.39, 0.29) is 12.5 Å². The molecule has 0 fully saturated rings. The maximum Gasteiger partial charge on any atom is 0.326 e. The molecule has 2 amide bonds. The minimum Gasteiger partial charge on any atom is -0.480 e. The van der Waals surface area contributed by atoms with Gasteiger partial charge in [-0.05, 0) is 5.92 Å². The van der Waals surface area contributed by atoms with Crippen molar-refractivity contribution >= 4 is 12.0 Å². The molecule has 0 aliphatic heterocycles. The first-order valence-electron chi connectivity index (χ1n) is 6.00. The molecule has 112 valence electrons. The second-order valence-electron chi connectivity index (χ2n) is 4.21. The number of amides is 2. The summed E-state index contributed by atoms with van der Waals surface area (Å²) < 4.78 is 24.5. The van der Waals surface area contributed by atoms with Crippen LogP contribution in [0.4, 0.5) is 13.6 Å². The first kappa shape index (κ1) is 17.6. The highest BCUT2D eigenvalue weighted by atomic mass is 19.3. The Morgan fingerprint density at radius 3 is 2.32 bits per heavy atom. The quantitative estimate of drug-likeness (QED) is 0.613. The number of halogens is 2. The fourth-order valence-corrected chi connectivity index (χ4v) is 1.47. The third-order valence-electron chi connectivity index (χ3n) is 2.77. The van der Waals surface area contributed by atoms with E-state index in [0.29, 0.717) is 11.3 Å². The Morgan fingerprint density at radius 2 is 1.95 bits per heavy atom. The van der Waals surface area contributed by atoms with Gasteiger partial charge >= 0.3 is 12.0 Å². The van der Waals surface area contributed by atoms with Gasteiger partial charge in [-0.25, -0.2) is 18.4 Å². The fraction of sp³-hybridized carbons (Fsp3) is 0.818. The van der Waals surface area contributed by atoms with Crippen LogP contribution in [0, 0.1) is 5.92 Å². The third kappa shape index (κ3) is 6.32. The molecule has 0 spiro atoms. The Bertz CT molecular complexity index is 302. The minimum absolute atomic E-state index is 0.275. The molecule has 0 saturated heterocycles. The highest BCUT2D eigenvalue weighted by molar-refractivity contribution is 5.82. The number of carbonyl (C=O) groups excluding carboxylic acids is 1. The first-order valence-corrected chi connectivity index (χ1v) is 6.00. The van der Waals surface area contributed by atoms with Gasteiger partial charge in [0.2, 0.25) is 0 Å². The number of carboxylic acid groups (broad SMARTS) is 1. The van der Waals surface area contributed by atoms with E-state index in [1.54, 1.807) is 13.8 Å². The lowest BCUT2D eigenvalue weighted by Crippen LogP contribution is -2.52. The van der Waals surface area contributed by atoms with Gasteiger partial charge in [-0.3, -0.25) is 0 Å². The standard InChI is InChI=1S/C11H20F2N2O4/c1-3-7(2)9(10(17)18)14-11(19)15(4-5-16)6-8(12)13/h7-9,16H,3-6H2,1-2H3,(H,14,19)(H,17,18)/t7?,9-/m0/s1. The van der Waals surface area contributed by atoms with Crippen LogP contribution < -0.4 is 5.32 Å². The topological polar surface area (TPSA) is 89.9 Å². The number of hydrogen-bond donors (Lipinski definition) is 3. The lowest BCUT2D eigenvalue weighted by atomic mass is 9.99. The Balaban J connectivity index is 4.70. The molecule has 0 bridgehead atoms. The first-order chi connectivity index (χ1) is 8.83. The lowest BCUT2D eigenvalue weighted by Gasteiger charge is -2.26. The monoisotopic (exact) mass is 282 g/mol. The van der Waals surface area contributed by atoms with Crippen molar-refractivity contribution in [3.05, 3.63) is 0 Å². The largest absolute Gasteiger partial charge is 0.480 e. The normalized spacial score (nSPS) is 14.0. The number of nitrogens with one attached hydrogen (secondary N) is 1. The number of urea groups is 1. The van der Waals surface area contributed by atoms with Crippen LogP contribution in [0.2, 0.25) is 0 Å². The van der Waals surface area contributed by atoms with Gasteiger partial charge in [0, 0.05) is 6.54 Å². The predicted molar refractivity (Wildman–Crippen MR) is 64.1 cm³/mol. The van der Waals surface area contributed by atoms with Crippen LogP contribution >= 0.6 is 0 Å². The fourth-order valence-electron chi connectivity index (χ4n) is 1.47. The van der Waals surface area contributed by atoms with Crippen LogP contribution in [-0.4, -0.2) is 59.3 Å². The molecule has 3 N–H and O–H groups in total. The number of nitrogens with zero attached hydrogens (tertiary/aromatic N) is 1. The Morgan fingerprint density at radius 1 is 1.37 bits per heavy atom. The molecule has 6 nitrogen and oxygen atoms in total. The second-order valence-corrected chi connectivity index (χ2v) is 4.21. The van der Waals surface area contributed by atoms with Crippen molar-refractivity contribution in [3.63, 3.8) is 0 Å². The van der Waals surface area contributed by atoms with Gasteiger partial charge in [0.05, 0.1) is 13.2 Å². The molecular formula is C11H20F2N2O4. The van der Waals surface area contributed by atoms with Gasteiger partial charge in [0.15, 0.2) is 0 Å². The summed E-state index contributed by atoms with van der Waals surface area (Å²) in [5.41, 5.74) is 0. The second kappa shape index (κ2) is 8.63. The van der Waals surface area contributed by atoms with Crippen molar-refractivity contribution in [2.45, 2.75) is 32.7 Å². The molecule has 0 aromatic carbocycles. The zero-order valence-corrected chi connectivity index (χ0v) is 11.0. The average Bonchev–Trinajstić information content (AvgIpc) is 2.33. The van der Waals surface area contributed by atoms with Crippen LogP contribution in [0.15, 0.2) is 0 Å². The lowest BCUT2D eigenvalue weighted by molar-refractivity contribution is -0.140. The SMILES string of the molecule is CCC(C)[C@H](NC(=O)N(CCO)CC(F)F)C(=O)O. The summed E-state index contributed by atoms with van der Waals surface area (Å²) in [7, 11) is 0. The number of rotatable bonds is 8. The molecule has 0 saturated carbocycles. The smallest absolute Gasteiger partial charge is 0.326 e. The van der Waals surface area contributed by atoms with E-state index in [2.05, 4.69) is 5.32 Å².